The van der Waals surface area contributed by atoms with Gasteiger partial charge < -0.3 is 4.48 Å². The molecular formula is C22H27N2+. The van der Waals surface area contributed by atoms with Gasteiger partial charge in [0.1, 0.15) is 0 Å². The van der Waals surface area contributed by atoms with Gasteiger partial charge in [0.05, 0.1) is 31.9 Å². The van der Waals surface area contributed by atoms with Crippen LogP contribution in [0.25, 0.3) is 5.57 Å². The standard InChI is InChI=1S/C22H27N2/c1-24(2)19-11-12-20(24)15-17(14-19)16-21(18-8-4-3-5-9-18)22-10-6-7-13-23-22/h3-10,13,16-17,19-20H,11-12,14-15H2,1-2H3/q+1. The first kappa shape index (κ1) is 15.6. The van der Waals surface area contributed by atoms with Crippen LogP contribution in [0.5, 0.6) is 0 Å². The fourth-order valence-corrected chi connectivity index (χ4v) is 4.76. The van der Waals surface area contributed by atoms with Gasteiger partial charge in [-0.05, 0) is 23.6 Å². The average Bonchev–Trinajstić information content (AvgIpc) is 2.79. The van der Waals surface area contributed by atoms with Crippen LogP contribution in [0.1, 0.15) is 36.9 Å². The van der Waals surface area contributed by atoms with Gasteiger partial charge in [-0.2, -0.15) is 0 Å². The smallest absolute Gasteiger partial charge is 0.0896 e. The van der Waals surface area contributed by atoms with Crippen LogP contribution in [0, 0.1) is 5.92 Å². The number of piperidine rings is 1. The number of hydrogen-bond donors (Lipinski definition) is 0. The molecular weight excluding hydrogens is 292 g/mol. The minimum Gasteiger partial charge on any atom is -0.324 e. The van der Waals surface area contributed by atoms with E-state index in [-0.39, 0.29) is 0 Å². The summed E-state index contributed by atoms with van der Waals surface area (Å²) in [6.07, 6.45) is 9.83. The molecule has 2 aromatic rings. The van der Waals surface area contributed by atoms with Crippen molar-refractivity contribution in [2.45, 2.75) is 37.8 Å². The Hall–Kier alpha value is -1.93. The van der Waals surface area contributed by atoms with Gasteiger partial charge in [-0.15, -0.1) is 0 Å². The van der Waals surface area contributed by atoms with E-state index in [1.54, 1.807) is 0 Å². The highest BCUT2D eigenvalue weighted by Crippen LogP contribution is 2.43. The summed E-state index contributed by atoms with van der Waals surface area (Å²) < 4.78 is 1.23. The van der Waals surface area contributed by atoms with Crippen molar-refractivity contribution in [3.8, 4) is 0 Å². The minimum atomic E-state index is 0.672. The van der Waals surface area contributed by atoms with Crippen LogP contribution in [-0.4, -0.2) is 35.6 Å². The Morgan fingerprint density at radius 3 is 2.25 bits per heavy atom. The summed E-state index contributed by atoms with van der Waals surface area (Å²) in [6, 6.07) is 18.6. The molecule has 4 rings (SSSR count). The van der Waals surface area contributed by atoms with Crippen molar-refractivity contribution in [3.05, 3.63) is 72.1 Å². The summed E-state index contributed by atoms with van der Waals surface area (Å²) in [4.78, 5) is 4.63. The Morgan fingerprint density at radius 1 is 0.958 bits per heavy atom. The third-order valence-electron chi connectivity index (χ3n) is 6.29. The third-order valence-corrected chi connectivity index (χ3v) is 6.29. The molecule has 2 atom stereocenters. The Balaban J connectivity index is 1.69. The van der Waals surface area contributed by atoms with Crippen LogP contribution >= 0.6 is 0 Å². The van der Waals surface area contributed by atoms with Crippen molar-refractivity contribution < 1.29 is 4.48 Å². The molecule has 2 aliphatic heterocycles. The van der Waals surface area contributed by atoms with E-state index in [1.807, 2.05) is 12.3 Å². The molecule has 0 N–H and O–H groups in total. The zero-order valence-electron chi connectivity index (χ0n) is 14.7. The van der Waals surface area contributed by atoms with E-state index in [1.165, 1.54) is 41.3 Å². The Morgan fingerprint density at radius 2 is 1.62 bits per heavy atom. The molecule has 0 spiro atoms. The predicted octanol–water partition coefficient (Wildman–Crippen LogP) is 4.53. The molecule has 2 aliphatic rings. The maximum atomic E-state index is 4.63. The average molecular weight is 319 g/mol. The van der Waals surface area contributed by atoms with Crippen molar-refractivity contribution >= 4 is 5.57 Å². The number of hydrogen-bond acceptors (Lipinski definition) is 1. The van der Waals surface area contributed by atoms with E-state index in [0.29, 0.717) is 5.92 Å². The zero-order valence-corrected chi connectivity index (χ0v) is 14.7. The second-order valence-electron chi connectivity index (χ2n) is 7.91. The largest absolute Gasteiger partial charge is 0.324 e. The summed E-state index contributed by atoms with van der Waals surface area (Å²) in [6.45, 7) is 0. The van der Waals surface area contributed by atoms with E-state index in [0.717, 1.165) is 17.8 Å². The van der Waals surface area contributed by atoms with E-state index < -0.39 is 0 Å². The molecule has 0 aliphatic carbocycles. The molecule has 0 radical (unpaired) electrons. The summed E-state index contributed by atoms with van der Waals surface area (Å²) in [5.74, 6) is 0.672. The Kier molecular flexibility index (Phi) is 4.01. The van der Waals surface area contributed by atoms with E-state index >= 15 is 0 Å². The molecule has 2 heteroatoms. The number of fused-ring (bicyclic) bond motifs is 2. The van der Waals surface area contributed by atoms with Gasteiger partial charge >= 0.3 is 0 Å². The van der Waals surface area contributed by atoms with Gasteiger partial charge in [0.15, 0.2) is 0 Å². The van der Waals surface area contributed by atoms with Gasteiger partial charge in [0.25, 0.3) is 0 Å². The molecule has 2 nitrogen and oxygen atoms in total. The highest BCUT2D eigenvalue weighted by molar-refractivity contribution is 5.77. The Bertz CT molecular complexity index is 661. The lowest BCUT2D eigenvalue weighted by Crippen LogP contribution is -2.54. The summed E-state index contributed by atoms with van der Waals surface area (Å²) >= 11 is 0. The fourth-order valence-electron chi connectivity index (χ4n) is 4.76. The van der Waals surface area contributed by atoms with Crippen molar-refractivity contribution in [3.63, 3.8) is 0 Å². The maximum Gasteiger partial charge on any atom is 0.0896 e. The number of benzene rings is 1. The van der Waals surface area contributed by atoms with Crippen molar-refractivity contribution in [1.29, 1.82) is 0 Å². The second-order valence-corrected chi connectivity index (χ2v) is 7.91. The van der Waals surface area contributed by atoms with Crippen molar-refractivity contribution in [1.82, 2.24) is 4.98 Å². The molecule has 0 amide bonds. The maximum absolute atomic E-state index is 4.63. The van der Waals surface area contributed by atoms with E-state index in [9.17, 15) is 0 Å². The van der Waals surface area contributed by atoms with Crippen molar-refractivity contribution in [2.24, 2.45) is 5.92 Å². The number of quaternary nitrogens is 1. The molecule has 2 saturated heterocycles. The number of nitrogens with zero attached hydrogens (tertiary/aromatic N) is 2. The van der Waals surface area contributed by atoms with Crippen molar-refractivity contribution in [2.75, 3.05) is 14.1 Å². The predicted molar refractivity (Wildman–Crippen MR) is 99.4 cm³/mol. The van der Waals surface area contributed by atoms with Crippen LogP contribution in [0.4, 0.5) is 0 Å². The van der Waals surface area contributed by atoms with Gasteiger partial charge in [0, 0.05) is 37.5 Å². The lowest BCUT2D eigenvalue weighted by molar-refractivity contribution is -0.931. The lowest BCUT2D eigenvalue weighted by atomic mass is 9.86. The van der Waals surface area contributed by atoms with Gasteiger partial charge in [-0.3, -0.25) is 4.98 Å². The minimum absolute atomic E-state index is 0.672. The topological polar surface area (TPSA) is 12.9 Å². The fraction of sp³-hybridized carbons (Fsp3) is 0.409. The van der Waals surface area contributed by atoms with Gasteiger partial charge in [0.2, 0.25) is 0 Å². The molecule has 0 saturated carbocycles. The summed E-state index contributed by atoms with van der Waals surface area (Å²) in [7, 11) is 4.86. The third kappa shape index (κ3) is 2.80. The lowest BCUT2D eigenvalue weighted by Gasteiger charge is -2.43. The first-order valence-electron chi connectivity index (χ1n) is 9.16. The molecule has 3 heterocycles. The number of rotatable bonds is 3. The molecule has 2 unspecified atom stereocenters. The monoisotopic (exact) mass is 319 g/mol. The second kappa shape index (κ2) is 6.18. The first-order valence-corrected chi connectivity index (χ1v) is 9.16. The normalized spacial score (nSPS) is 28.8. The highest BCUT2D eigenvalue weighted by Gasteiger charge is 2.48. The van der Waals surface area contributed by atoms with E-state index in [2.05, 4.69) is 67.6 Å². The van der Waals surface area contributed by atoms with E-state index in [4.69, 9.17) is 0 Å². The SMILES string of the molecule is C[N+]1(C)C2CCC1CC(C=C(c1ccccc1)c1ccccn1)C2. The highest BCUT2D eigenvalue weighted by atomic mass is 15.4. The number of aromatic nitrogens is 1. The first-order chi connectivity index (χ1) is 11.6. The summed E-state index contributed by atoms with van der Waals surface area (Å²) in [5.41, 5.74) is 3.67. The Labute approximate surface area is 145 Å². The molecule has 1 aromatic carbocycles. The van der Waals surface area contributed by atoms with Gasteiger partial charge in [-0.25, -0.2) is 0 Å². The molecule has 24 heavy (non-hydrogen) atoms. The molecule has 2 bridgehead atoms. The zero-order chi connectivity index (χ0) is 16.6. The van der Waals surface area contributed by atoms with Crippen LogP contribution in [0.15, 0.2) is 60.8 Å². The number of pyridine rings is 1. The van der Waals surface area contributed by atoms with Crippen LogP contribution < -0.4 is 0 Å². The molecule has 2 fully saturated rings. The quantitative estimate of drug-likeness (QED) is 0.757. The molecule has 124 valence electrons. The number of allylic oxidation sites excluding steroid dienone is 1. The molecule has 1 aromatic heterocycles. The van der Waals surface area contributed by atoms with Gasteiger partial charge in [-0.1, -0.05) is 42.5 Å². The van der Waals surface area contributed by atoms with Crippen LogP contribution in [0.3, 0.4) is 0 Å². The summed E-state index contributed by atoms with van der Waals surface area (Å²) in [5, 5.41) is 0. The van der Waals surface area contributed by atoms with Crippen LogP contribution in [-0.2, 0) is 0 Å². The van der Waals surface area contributed by atoms with Crippen LogP contribution in [0.2, 0.25) is 0 Å².